The number of likely N-dealkylation sites (tertiary alicyclic amines) is 1. The molecule has 0 aromatic rings. The topological polar surface area (TPSA) is 92.5 Å². The van der Waals surface area contributed by atoms with Crippen LogP contribution in [0.15, 0.2) is 0 Å². The summed E-state index contributed by atoms with van der Waals surface area (Å²) in [4.78, 5) is 33.6. The van der Waals surface area contributed by atoms with E-state index in [1.165, 1.54) is 0 Å². The first-order valence-electron chi connectivity index (χ1n) is 4.47. The van der Waals surface area contributed by atoms with Crippen molar-refractivity contribution >= 4 is 18.3 Å². The average Bonchev–Trinajstić information content (AvgIpc) is 2.30. The highest BCUT2D eigenvalue weighted by Gasteiger charge is 2.29. The van der Waals surface area contributed by atoms with Gasteiger partial charge in [-0.3, -0.25) is 14.5 Å². The lowest BCUT2D eigenvalue weighted by Gasteiger charge is -2.19. The second-order valence-electron chi connectivity index (χ2n) is 3.16. The molecule has 0 aromatic carbocycles. The maximum absolute atomic E-state index is 11.6. The van der Waals surface area contributed by atoms with Crippen LogP contribution in [-0.4, -0.2) is 35.8 Å². The third-order valence-corrected chi connectivity index (χ3v) is 2.22. The molecule has 1 atom stereocenters. The zero-order valence-corrected chi connectivity index (χ0v) is 7.73. The van der Waals surface area contributed by atoms with Crippen LogP contribution in [0.25, 0.3) is 0 Å². The number of rotatable bonds is 2. The lowest BCUT2D eigenvalue weighted by Crippen LogP contribution is -2.49. The standard InChI is InChI=1S/C8H13N3O3/c9-8(14)11-4-2-1-3-6(7(11)13)10-5-12/h5-6H,1-4H2,(H2,9,14)(H,10,12)/t6-/m0/s1. The molecule has 4 amide bonds. The van der Waals surface area contributed by atoms with Crippen LogP contribution in [0.2, 0.25) is 0 Å². The summed E-state index contributed by atoms with van der Waals surface area (Å²) < 4.78 is 0. The maximum Gasteiger partial charge on any atom is 0.321 e. The Morgan fingerprint density at radius 1 is 1.57 bits per heavy atom. The van der Waals surface area contributed by atoms with Gasteiger partial charge in [0.2, 0.25) is 6.41 Å². The van der Waals surface area contributed by atoms with Gasteiger partial charge in [0.15, 0.2) is 0 Å². The summed E-state index contributed by atoms with van der Waals surface area (Å²) in [6.07, 6.45) is 2.54. The lowest BCUT2D eigenvalue weighted by atomic mass is 10.1. The number of carbonyl (C=O) groups is 3. The Hall–Kier alpha value is -1.59. The average molecular weight is 199 g/mol. The third-order valence-electron chi connectivity index (χ3n) is 2.22. The molecule has 1 heterocycles. The van der Waals surface area contributed by atoms with E-state index in [9.17, 15) is 14.4 Å². The van der Waals surface area contributed by atoms with Gasteiger partial charge >= 0.3 is 6.03 Å². The van der Waals surface area contributed by atoms with Crippen LogP contribution in [-0.2, 0) is 9.59 Å². The molecule has 0 radical (unpaired) electrons. The van der Waals surface area contributed by atoms with Gasteiger partial charge in [-0.25, -0.2) is 4.79 Å². The first-order valence-corrected chi connectivity index (χ1v) is 4.47. The molecular formula is C8H13N3O3. The normalized spacial score (nSPS) is 22.7. The van der Waals surface area contributed by atoms with E-state index in [-0.39, 0.29) is 0 Å². The zero-order chi connectivity index (χ0) is 10.6. The second-order valence-corrected chi connectivity index (χ2v) is 3.16. The lowest BCUT2D eigenvalue weighted by molar-refractivity contribution is -0.131. The molecule has 0 unspecified atom stereocenters. The molecule has 6 heteroatoms. The van der Waals surface area contributed by atoms with Crippen molar-refractivity contribution in [2.24, 2.45) is 5.73 Å². The van der Waals surface area contributed by atoms with Gasteiger partial charge in [-0.1, -0.05) is 0 Å². The molecule has 0 aromatic heterocycles. The van der Waals surface area contributed by atoms with E-state index in [1.807, 2.05) is 0 Å². The van der Waals surface area contributed by atoms with Crippen molar-refractivity contribution in [1.82, 2.24) is 10.2 Å². The monoisotopic (exact) mass is 199 g/mol. The van der Waals surface area contributed by atoms with Crippen molar-refractivity contribution in [2.45, 2.75) is 25.3 Å². The van der Waals surface area contributed by atoms with Crippen LogP contribution >= 0.6 is 0 Å². The largest absolute Gasteiger partial charge is 0.351 e. The van der Waals surface area contributed by atoms with Crippen molar-refractivity contribution < 1.29 is 14.4 Å². The van der Waals surface area contributed by atoms with Crippen molar-refractivity contribution in [3.63, 3.8) is 0 Å². The molecule has 14 heavy (non-hydrogen) atoms. The molecule has 0 aliphatic carbocycles. The van der Waals surface area contributed by atoms with Crippen molar-refractivity contribution in [1.29, 1.82) is 0 Å². The molecule has 1 rings (SSSR count). The Morgan fingerprint density at radius 3 is 2.86 bits per heavy atom. The van der Waals surface area contributed by atoms with Crippen molar-refractivity contribution in [3.05, 3.63) is 0 Å². The summed E-state index contributed by atoms with van der Waals surface area (Å²) in [5.74, 6) is -0.415. The molecule has 1 aliphatic rings. The van der Waals surface area contributed by atoms with Crippen LogP contribution in [0, 0.1) is 0 Å². The third kappa shape index (κ3) is 2.21. The highest BCUT2D eigenvalue weighted by molar-refractivity contribution is 5.97. The number of urea groups is 1. The molecule has 0 bridgehead atoms. The van der Waals surface area contributed by atoms with Crippen LogP contribution in [0.5, 0.6) is 0 Å². The molecule has 3 N–H and O–H groups in total. The minimum Gasteiger partial charge on any atom is -0.351 e. The number of hydrogen-bond acceptors (Lipinski definition) is 3. The molecule has 1 aliphatic heterocycles. The van der Waals surface area contributed by atoms with Crippen LogP contribution in [0.1, 0.15) is 19.3 Å². The number of primary amides is 1. The van der Waals surface area contributed by atoms with Crippen molar-refractivity contribution in [2.75, 3.05) is 6.54 Å². The van der Waals surface area contributed by atoms with E-state index in [4.69, 9.17) is 5.73 Å². The molecule has 0 saturated carbocycles. The van der Waals surface area contributed by atoms with E-state index < -0.39 is 18.0 Å². The minimum atomic E-state index is -0.755. The summed E-state index contributed by atoms with van der Waals surface area (Å²) in [5, 5.41) is 2.38. The van der Waals surface area contributed by atoms with Gasteiger partial charge in [0.1, 0.15) is 6.04 Å². The quantitative estimate of drug-likeness (QED) is 0.570. The van der Waals surface area contributed by atoms with E-state index in [0.29, 0.717) is 19.4 Å². The fraction of sp³-hybridized carbons (Fsp3) is 0.625. The number of nitrogens with two attached hydrogens (primary N) is 1. The van der Waals surface area contributed by atoms with Gasteiger partial charge < -0.3 is 11.1 Å². The number of carbonyl (C=O) groups excluding carboxylic acids is 3. The highest BCUT2D eigenvalue weighted by atomic mass is 16.2. The fourth-order valence-corrected chi connectivity index (χ4v) is 1.50. The number of hydrogen-bond donors (Lipinski definition) is 2. The Balaban J connectivity index is 2.73. The summed E-state index contributed by atoms with van der Waals surface area (Å²) in [6.45, 7) is 0.338. The van der Waals surface area contributed by atoms with Gasteiger partial charge in [0.25, 0.3) is 5.91 Å². The fourth-order valence-electron chi connectivity index (χ4n) is 1.50. The van der Waals surface area contributed by atoms with Crippen LogP contribution < -0.4 is 11.1 Å². The summed E-state index contributed by atoms with van der Waals surface area (Å²) in [7, 11) is 0. The van der Waals surface area contributed by atoms with Crippen LogP contribution in [0.4, 0.5) is 4.79 Å². The van der Waals surface area contributed by atoms with Gasteiger partial charge in [-0.2, -0.15) is 0 Å². The van der Waals surface area contributed by atoms with E-state index in [2.05, 4.69) is 5.32 Å². The predicted octanol–water partition coefficient (Wildman–Crippen LogP) is -0.808. The molecule has 78 valence electrons. The van der Waals surface area contributed by atoms with Crippen molar-refractivity contribution in [3.8, 4) is 0 Å². The molecule has 6 nitrogen and oxygen atoms in total. The minimum absolute atomic E-state index is 0.338. The predicted molar refractivity (Wildman–Crippen MR) is 48.1 cm³/mol. The summed E-state index contributed by atoms with van der Waals surface area (Å²) in [5.41, 5.74) is 5.04. The number of amides is 4. The number of imide groups is 1. The highest BCUT2D eigenvalue weighted by Crippen LogP contribution is 2.11. The van der Waals surface area contributed by atoms with Gasteiger partial charge in [-0.05, 0) is 19.3 Å². The Kier molecular flexibility index (Phi) is 3.44. The molecular weight excluding hydrogens is 186 g/mol. The Labute approximate surface area is 81.4 Å². The van der Waals surface area contributed by atoms with E-state index in [0.717, 1.165) is 17.7 Å². The number of nitrogens with one attached hydrogen (secondary N) is 1. The zero-order valence-electron chi connectivity index (χ0n) is 7.73. The molecule has 1 saturated heterocycles. The first-order chi connectivity index (χ1) is 6.66. The molecule has 0 spiro atoms. The van der Waals surface area contributed by atoms with Crippen LogP contribution in [0.3, 0.4) is 0 Å². The first kappa shape index (κ1) is 10.5. The number of nitrogens with zero attached hydrogens (tertiary/aromatic N) is 1. The smallest absolute Gasteiger partial charge is 0.321 e. The van der Waals surface area contributed by atoms with E-state index in [1.54, 1.807) is 0 Å². The van der Waals surface area contributed by atoms with Gasteiger partial charge in [-0.15, -0.1) is 0 Å². The summed E-state index contributed by atoms with van der Waals surface area (Å²) in [6, 6.07) is -1.36. The SMILES string of the molecule is NC(=O)N1CCCC[C@H](NC=O)C1=O. The maximum atomic E-state index is 11.6. The van der Waals surface area contributed by atoms with Gasteiger partial charge in [0.05, 0.1) is 0 Å². The Morgan fingerprint density at radius 2 is 2.29 bits per heavy atom. The van der Waals surface area contributed by atoms with E-state index >= 15 is 0 Å². The molecule has 1 fully saturated rings. The Bertz CT molecular complexity index is 254. The van der Waals surface area contributed by atoms with Gasteiger partial charge in [0, 0.05) is 6.54 Å². The summed E-state index contributed by atoms with van der Waals surface area (Å²) >= 11 is 0. The second kappa shape index (κ2) is 4.59.